The van der Waals surface area contributed by atoms with Gasteiger partial charge in [0.15, 0.2) is 0 Å². The molecule has 1 rings (SSSR count). The predicted octanol–water partition coefficient (Wildman–Crippen LogP) is 1.62. The molecule has 1 heterocycles. The minimum atomic E-state index is -0.238. The SMILES string of the molecule is CC(C)CC(C)(C)C(=O)N1CC[C@H](N)C1. The van der Waals surface area contributed by atoms with E-state index in [2.05, 4.69) is 13.8 Å². The largest absolute Gasteiger partial charge is 0.341 e. The quantitative estimate of drug-likeness (QED) is 0.772. The van der Waals surface area contributed by atoms with Crippen LogP contribution < -0.4 is 5.73 Å². The van der Waals surface area contributed by atoms with Crippen molar-refractivity contribution in [2.24, 2.45) is 17.1 Å². The fraction of sp³-hybridized carbons (Fsp3) is 0.917. The number of carbonyl (C=O) groups excluding carboxylic acids is 1. The summed E-state index contributed by atoms with van der Waals surface area (Å²) in [6.07, 6.45) is 1.89. The fourth-order valence-corrected chi connectivity index (χ4v) is 2.51. The van der Waals surface area contributed by atoms with Crippen molar-refractivity contribution in [2.45, 2.75) is 46.6 Å². The second kappa shape index (κ2) is 4.52. The average Bonchev–Trinajstić information content (AvgIpc) is 2.48. The van der Waals surface area contributed by atoms with Crippen molar-refractivity contribution in [2.75, 3.05) is 13.1 Å². The van der Waals surface area contributed by atoms with Gasteiger partial charge in [0.2, 0.25) is 5.91 Å². The second-order valence-electron chi connectivity index (χ2n) is 5.78. The number of hydrogen-bond donors (Lipinski definition) is 1. The molecule has 1 aliphatic heterocycles. The van der Waals surface area contributed by atoms with Gasteiger partial charge < -0.3 is 10.6 Å². The molecule has 0 saturated carbocycles. The van der Waals surface area contributed by atoms with E-state index in [0.29, 0.717) is 5.92 Å². The van der Waals surface area contributed by atoms with E-state index >= 15 is 0 Å². The van der Waals surface area contributed by atoms with Gasteiger partial charge in [-0.15, -0.1) is 0 Å². The molecule has 1 saturated heterocycles. The standard InChI is InChI=1S/C12H24N2O/c1-9(2)7-12(3,4)11(15)14-6-5-10(13)8-14/h9-10H,5-8,13H2,1-4H3/t10-/m0/s1. The summed E-state index contributed by atoms with van der Waals surface area (Å²) in [6, 6.07) is 0.184. The molecule has 0 aromatic carbocycles. The van der Waals surface area contributed by atoms with E-state index in [4.69, 9.17) is 5.73 Å². The summed E-state index contributed by atoms with van der Waals surface area (Å²) in [6.45, 7) is 9.97. The molecule has 3 heteroatoms. The zero-order chi connectivity index (χ0) is 11.6. The number of nitrogens with zero attached hydrogens (tertiary/aromatic N) is 1. The van der Waals surface area contributed by atoms with Crippen LogP contribution in [0.25, 0.3) is 0 Å². The molecule has 88 valence electrons. The van der Waals surface area contributed by atoms with Gasteiger partial charge in [0.1, 0.15) is 0 Å². The first-order chi connectivity index (χ1) is 6.83. The van der Waals surface area contributed by atoms with Crippen LogP contribution >= 0.6 is 0 Å². The molecule has 0 unspecified atom stereocenters. The van der Waals surface area contributed by atoms with Crippen LogP contribution in [0.5, 0.6) is 0 Å². The molecule has 1 atom stereocenters. The summed E-state index contributed by atoms with van der Waals surface area (Å²) in [4.78, 5) is 14.1. The third kappa shape index (κ3) is 3.20. The zero-order valence-electron chi connectivity index (χ0n) is 10.4. The number of nitrogens with two attached hydrogens (primary N) is 1. The van der Waals surface area contributed by atoms with E-state index in [9.17, 15) is 4.79 Å². The van der Waals surface area contributed by atoms with Crippen LogP contribution in [0.3, 0.4) is 0 Å². The van der Waals surface area contributed by atoms with Gasteiger partial charge in [0.25, 0.3) is 0 Å². The lowest BCUT2D eigenvalue weighted by Crippen LogP contribution is -2.41. The van der Waals surface area contributed by atoms with Crippen molar-refractivity contribution >= 4 is 5.91 Å². The molecule has 0 aromatic rings. The van der Waals surface area contributed by atoms with Crippen molar-refractivity contribution in [3.63, 3.8) is 0 Å². The lowest BCUT2D eigenvalue weighted by atomic mass is 9.83. The highest BCUT2D eigenvalue weighted by molar-refractivity contribution is 5.82. The molecule has 0 radical (unpaired) electrons. The molecule has 1 amide bonds. The van der Waals surface area contributed by atoms with Crippen LogP contribution in [0.4, 0.5) is 0 Å². The lowest BCUT2D eigenvalue weighted by molar-refractivity contribution is -0.140. The third-order valence-electron chi connectivity index (χ3n) is 3.01. The zero-order valence-corrected chi connectivity index (χ0v) is 10.4. The highest BCUT2D eigenvalue weighted by Gasteiger charge is 2.35. The predicted molar refractivity (Wildman–Crippen MR) is 62.4 cm³/mol. The van der Waals surface area contributed by atoms with Crippen LogP contribution in [0.2, 0.25) is 0 Å². The molecule has 0 aromatic heterocycles. The smallest absolute Gasteiger partial charge is 0.228 e. The Hall–Kier alpha value is -0.570. The Bertz CT molecular complexity index is 236. The first-order valence-corrected chi connectivity index (χ1v) is 5.88. The van der Waals surface area contributed by atoms with Crippen molar-refractivity contribution in [3.05, 3.63) is 0 Å². The summed E-state index contributed by atoms with van der Waals surface area (Å²) < 4.78 is 0. The lowest BCUT2D eigenvalue weighted by Gasteiger charge is -2.30. The maximum absolute atomic E-state index is 12.2. The number of amides is 1. The summed E-state index contributed by atoms with van der Waals surface area (Å²) in [5.41, 5.74) is 5.58. The van der Waals surface area contributed by atoms with Crippen LogP contribution in [0.1, 0.15) is 40.5 Å². The Kier molecular flexibility index (Phi) is 3.77. The normalized spacial score (nSPS) is 22.5. The van der Waals surface area contributed by atoms with Gasteiger partial charge in [-0.3, -0.25) is 4.79 Å². The minimum absolute atomic E-state index is 0.184. The monoisotopic (exact) mass is 212 g/mol. The number of carbonyl (C=O) groups is 1. The van der Waals surface area contributed by atoms with Crippen molar-refractivity contribution < 1.29 is 4.79 Å². The summed E-state index contributed by atoms with van der Waals surface area (Å²) in [7, 11) is 0. The molecular weight excluding hydrogens is 188 g/mol. The molecule has 0 spiro atoms. The minimum Gasteiger partial charge on any atom is -0.341 e. The topological polar surface area (TPSA) is 46.3 Å². The Morgan fingerprint density at radius 3 is 2.53 bits per heavy atom. The van der Waals surface area contributed by atoms with Crippen molar-refractivity contribution in [1.29, 1.82) is 0 Å². The van der Waals surface area contributed by atoms with Gasteiger partial charge in [-0.1, -0.05) is 27.7 Å². The number of likely N-dealkylation sites (tertiary alicyclic amines) is 1. The van der Waals surface area contributed by atoms with Gasteiger partial charge in [-0.05, 0) is 18.8 Å². The molecule has 2 N–H and O–H groups in total. The highest BCUT2D eigenvalue weighted by Crippen LogP contribution is 2.29. The molecule has 0 bridgehead atoms. The first-order valence-electron chi connectivity index (χ1n) is 5.88. The van der Waals surface area contributed by atoms with E-state index in [0.717, 1.165) is 25.9 Å². The second-order valence-corrected chi connectivity index (χ2v) is 5.78. The van der Waals surface area contributed by atoms with E-state index in [1.807, 2.05) is 18.7 Å². The Morgan fingerprint density at radius 2 is 2.13 bits per heavy atom. The Balaban J connectivity index is 2.58. The molecule has 3 nitrogen and oxygen atoms in total. The third-order valence-corrected chi connectivity index (χ3v) is 3.01. The Morgan fingerprint density at radius 1 is 1.53 bits per heavy atom. The van der Waals surface area contributed by atoms with Crippen molar-refractivity contribution in [3.8, 4) is 0 Å². The molecule has 0 aliphatic carbocycles. The maximum Gasteiger partial charge on any atom is 0.228 e. The van der Waals surface area contributed by atoms with E-state index in [1.54, 1.807) is 0 Å². The Labute approximate surface area is 93.0 Å². The number of rotatable bonds is 3. The summed E-state index contributed by atoms with van der Waals surface area (Å²) >= 11 is 0. The fourth-order valence-electron chi connectivity index (χ4n) is 2.51. The summed E-state index contributed by atoms with van der Waals surface area (Å²) in [5.74, 6) is 0.823. The molecular formula is C12H24N2O. The van der Waals surface area contributed by atoms with Gasteiger partial charge in [0.05, 0.1) is 0 Å². The van der Waals surface area contributed by atoms with Crippen LogP contribution in [-0.4, -0.2) is 29.9 Å². The van der Waals surface area contributed by atoms with Crippen LogP contribution in [-0.2, 0) is 4.79 Å². The first kappa shape index (κ1) is 12.5. The van der Waals surface area contributed by atoms with Gasteiger partial charge in [0, 0.05) is 24.5 Å². The van der Waals surface area contributed by atoms with Gasteiger partial charge >= 0.3 is 0 Å². The molecule has 1 fully saturated rings. The van der Waals surface area contributed by atoms with Crippen LogP contribution in [0.15, 0.2) is 0 Å². The van der Waals surface area contributed by atoms with E-state index in [-0.39, 0.29) is 17.4 Å². The van der Waals surface area contributed by atoms with Gasteiger partial charge in [-0.25, -0.2) is 0 Å². The van der Waals surface area contributed by atoms with Crippen LogP contribution in [0, 0.1) is 11.3 Å². The van der Waals surface area contributed by atoms with Gasteiger partial charge in [-0.2, -0.15) is 0 Å². The highest BCUT2D eigenvalue weighted by atomic mass is 16.2. The number of hydrogen-bond acceptors (Lipinski definition) is 2. The van der Waals surface area contributed by atoms with E-state index in [1.165, 1.54) is 0 Å². The van der Waals surface area contributed by atoms with Crippen molar-refractivity contribution in [1.82, 2.24) is 4.90 Å². The van der Waals surface area contributed by atoms with E-state index < -0.39 is 0 Å². The maximum atomic E-state index is 12.2. The summed E-state index contributed by atoms with van der Waals surface area (Å²) in [5, 5.41) is 0. The molecule has 1 aliphatic rings. The average molecular weight is 212 g/mol. The molecule has 15 heavy (non-hydrogen) atoms.